The second-order valence-corrected chi connectivity index (χ2v) is 5.39. The second kappa shape index (κ2) is 6.30. The van der Waals surface area contributed by atoms with E-state index >= 15 is 0 Å². The molecule has 5 heteroatoms. The van der Waals surface area contributed by atoms with Crippen LogP contribution in [0.5, 0.6) is 0 Å². The fourth-order valence-electron chi connectivity index (χ4n) is 3.00. The average molecular weight is 259 g/mol. The van der Waals surface area contributed by atoms with Crippen LogP contribution in [0.15, 0.2) is 0 Å². The Kier molecular flexibility index (Phi) is 4.98. The second-order valence-electron chi connectivity index (χ2n) is 5.39. The van der Waals surface area contributed by atoms with E-state index in [1.54, 1.807) is 7.11 Å². The van der Waals surface area contributed by atoms with E-state index in [-0.39, 0.29) is 5.79 Å². The van der Waals surface area contributed by atoms with Crippen LogP contribution in [0.3, 0.4) is 0 Å². The normalized spacial score (nSPS) is 26.0. The van der Waals surface area contributed by atoms with Gasteiger partial charge in [0.15, 0.2) is 5.79 Å². The maximum absolute atomic E-state index is 9.74. The summed E-state index contributed by atoms with van der Waals surface area (Å²) < 4.78 is 16.4. The smallest absolute Gasteiger partial charge is 0.168 e. The lowest BCUT2D eigenvalue weighted by Crippen LogP contribution is -2.45. The van der Waals surface area contributed by atoms with Gasteiger partial charge < -0.3 is 24.2 Å². The number of aliphatic hydroxyl groups is 1. The van der Waals surface area contributed by atoms with E-state index in [1.807, 2.05) is 0 Å². The van der Waals surface area contributed by atoms with E-state index < -0.39 is 6.10 Å². The summed E-state index contributed by atoms with van der Waals surface area (Å²) >= 11 is 0. The fraction of sp³-hybridized carbons (Fsp3) is 1.00. The van der Waals surface area contributed by atoms with Gasteiger partial charge in [-0.1, -0.05) is 0 Å². The van der Waals surface area contributed by atoms with Crippen LogP contribution in [0, 0.1) is 0 Å². The van der Waals surface area contributed by atoms with Gasteiger partial charge in [-0.05, 0) is 19.9 Å². The zero-order chi connectivity index (χ0) is 13.0. The van der Waals surface area contributed by atoms with Crippen molar-refractivity contribution in [3.05, 3.63) is 0 Å². The molecule has 1 N–H and O–H groups in total. The molecule has 5 nitrogen and oxygen atoms in total. The molecule has 0 bridgehead atoms. The molecule has 0 aromatic heterocycles. The number of hydrogen-bond acceptors (Lipinski definition) is 5. The van der Waals surface area contributed by atoms with Gasteiger partial charge in [0.25, 0.3) is 0 Å². The van der Waals surface area contributed by atoms with Gasteiger partial charge in [0.1, 0.15) is 0 Å². The van der Waals surface area contributed by atoms with E-state index in [0.29, 0.717) is 19.2 Å². The zero-order valence-corrected chi connectivity index (χ0v) is 11.4. The maximum atomic E-state index is 9.74. The minimum absolute atomic E-state index is 0.289. The van der Waals surface area contributed by atoms with Gasteiger partial charge in [-0.2, -0.15) is 0 Å². The van der Waals surface area contributed by atoms with E-state index in [1.165, 1.54) is 0 Å². The summed E-state index contributed by atoms with van der Waals surface area (Å²) in [6, 6.07) is 0.509. The van der Waals surface area contributed by atoms with Crippen LogP contribution in [0.25, 0.3) is 0 Å². The molecule has 1 aliphatic heterocycles. The Bertz CT molecular complexity index is 245. The Balaban J connectivity index is 1.74. The van der Waals surface area contributed by atoms with Crippen LogP contribution < -0.4 is 0 Å². The number of hydrogen-bond donors (Lipinski definition) is 1. The fourth-order valence-corrected chi connectivity index (χ4v) is 3.00. The third-order valence-corrected chi connectivity index (χ3v) is 4.01. The predicted molar refractivity (Wildman–Crippen MR) is 67.4 cm³/mol. The summed E-state index contributed by atoms with van der Waals surface area (Å²) in [7, 11) is 3.68. The number of rotatable bonds is 5. The topological polar surface area (TPSA) is 51.2 Å². The SMILES string of the molecule is COCC(O)CN(C)C1CCC2(CC1)OCCO2. The highest BCUT2D eigenvalue weighted by atomic mass is 16.7. The van der Waals surface area contributed by atoms with Crippen molar-refractivity contribution < 1.29 is 19.3 Å². The van der Waals surface area contributed by atoms with Crippen LogP contribution in [-0.2, 0) is 14.2 Å². The van der Waals surface area contributed by atoms with Gasteiger partial charge in [-0.3, -0.25) is 0 Å². The van der Waals surface area contributed by atoms with Crippen molar-refractivity contribution >= 4 is 0 Å². The summed E-state index contributed by atoms with van der Waals surface area (Å²) in [5, 5.41) is 9.74. The Labute approximate surface area is 109 Å². The highest BCUT2D eigenvalue weighted by Crippen LogP contribution is 2.37. The average Bonchev–Trinajstić information content (AvgIpc) is 2.78. The van der Waals surface area contributed by atoms with Crippen molar-refractivity contribution in [3.8, 4) is 0 Å². The summed E-state index contributed by atoms with van der Waals surface area (Å²) in [5.74, 6) is -0.289. The molecular weight excluding hydrogens is 234 g/mol. The third kappa shape index (κ3) is 3.42. The highest BCUT2D eigenvalue weighted by Gasteiger charge is 2.41. The molecule has 0 amide bonds. The molecule has 1 aliphatic carbocycles. The standard InChI is InChI=1S/C13H25NO4/c1-14(9-12(15)10-16-2)11-3-5-13(6-4-11)17-7-8-18-13/h11-12,15H,3-10H2,1-2H3. The first-order valence-electron chi connectivity index (χ1n) is 6.80. The molecule has 2 rings (SSSR count). The number of nitrogens with zero attached hydrogens (tertiary/aromatic N) is 1. The summed E-state index contributed by atoms with van der Waals surface area (Å²) in [6.07, 6.45) is 3.65. The zero-order valence-electron chi connectivity index (χ0n) is 11.4. The molecule has 0 aromatic rings. The molecule has 1 saturated carbocycles. The lowest BCUT2D eigenvalue weighted by atomic mass is 9.89. The molecule has 1 spiro atoms. The van der Waals surface area contributed by atoms with Crippen LogP contribution in [0.1, 0.15) is 25.7 Å². The van der Waals surface area contributed by atoms with Gasteiger partial charge in [-0.15, -0.1) is 0 Å². The van der Waals surface area contributed by atoms with Crippen molar-refractivity contribution in [1.82, 2.24) is 4.90 Å². The van der Waals surface area contributed by atoms with Crippen molar-refractivity contribution in [2.24, 2.45) is 0 Å². The Morgan fingerprint density at radius 3 is 2.50 bits per heavy atom. The summed E-state index contributed by atoms with van der Waals surface area (Å²) in [5.41, 5.74) is 0. The van der Waals surface area contributed by atoms with E-state index in [0.717, 1.165) is 38.9 Å². The summed E-state index contributed by atoms with van der Waals surface area (Å²) in [6.45, 7) is 2.51. The first-order chi connectivity index (χ1) is 8.65. The highest BCUT2D eigenvalue weighted by molar-refractivity contribution is 4.86. The van der Waals surface area contributed by atoms with Gasteiger partial charge in [0, 0.05) is 32.5 Å². The largest absolute Gasteiger partial charge is 0.389 e. The number of methoxy groups -OCH3 is 1. The number of likely N-dealkylation sites (N-methyl/N-ethyl adjacent to an activating group) is 1. The maximum Gasteiger partial charge on any atom is 0.168 e. The molecular formula is C13H25NO4. The molecule has 1 heterocycles. The first-order valence-corrected chi connectivity index (χ1v) is 6.80. The third-order valence-electron chi connectivity index (χ3n) is 4.01. The minimum Gasteiger partial charge on any atom is -0.389 e. The Morgan fingerprint density at radius 1 is 1.33 bits per heavy atom. The van der Waals surface area contributed by atoms with Crippen LogP contribution >= 0.6 is 0 Å². The quantitative estimate of drug-likeness (QED) is 0.784. The molecule has 0 aromatic carbocycles. The molecule has 1 saturated heterocycles. The van der Waals surface area contributed by atoms with Crippen LogP contribution in [0.2, 0.25) is 0 Å². The van der Waals surface area contributed by atoms with Gasteiger partial charge >= 0.3 is 0 Å². The molecule has 106 valence electrons. The monoisotopic (exact) mass is 259 g/mol. The Hall–Kier alpha value is -0.200. The molecule has 0 radical (unpaired) electrons. The lowest BCUT2D eigenvalue weighted by Gasteiger charge is -2.39. The minimum atomic E-state index is -0.408. The Morgan fingerprint density at radius 2 is 1.94 bits per heavy atom. The molecule has 2 fully saturated rings. The molecule has 18 heavy (non-hydrogen) atoms. The van der Waals surface area contributed by atoms with Crippen LogP contribution in [0.4, 0.5) is 0 Å². The van der Waals surface area contributed by atoms with Gasteiger partial charge in [0.2, 0.25) is 0 Å². The van der Waals surface area contributed by atoms with Crippen molar-refractivity contribution in [1.29, 1.82) is 0 Å². The molecule has 2 aliphatic rings. The van der Waals surface area contributed by atoms with E-state index in [2.05, 4.69) is 11.9 Å². The number of ether oxygens (including phenoxy) is 3. The predicted octanol–water partition coefficient (Wildman–Crippen LogP) is 0.611. The summed E-state index contributed by atoms with van der Waals surface area (Å²) in [4.78, 5) is 2.23. The lowest BCUT2D eigenvalue weighted by molar-refractivity contribution is -0.183. The van der Waals surface area contributed by atoms with Crippen molar-refractivity contribution in [3.63, 3.8) is 0 Å². The van der Waals surface area contributed by atoms with E-state index in [4.69, 9.17) is 14.2 Å². The van der Waals surface area contributed by atoms with Gasteiger partial charge in [-0.25, -0.2) is 0 Å². The van der Waals surface area contributed by atoms with Crippen LogP contribution in [-0.4, -0.2) is 68.5 Å². The first kappa shape index (κ1) is 14.2. The molecule has 1 atom stereocenters. The van der Waals surface area contributed by atoms with E-state index in [9.17, 15) is 5.11 Å². The number of aliphatic hydroxyl groups excluding tert-OH is 1. The van der Waals surface area contributed by atoms with Crippen molar-refractivity contribution in [2.45, 2.75) is 43.6 Å². The molecule has 1 unspecified atom stereocenters. The van der Waals surface area contributed by atoms with Gasteiger partial charge in [0.05, 0.1) is 25.9 Å². The van der Waals surface area contributed by atoms with Crippen molar-refractivity contribution in [2.75, 3.05) is 40.5 Å².